The summed E-state index contributed by atoms with van der Waals surface area (Å²) in [6.07, 6.45) is 3.64. The molecule has 0 spiro atoms. The van der Waals surface area contributed by atoms with Crippen molar-refractivity contribution >= 4 is 62.3 Å². The number of ether oxygens (including phenoxy) is 1. The minimum atomic E-state index is -4.27. The van der Waals surface area contributed by atoms with E-state index < -0.39 is 28.1 Å². The number of pyridine rings is 1. The van der Waals surface area contributed by atoms with Gasteiger partial charge in [-0.15, -0.1) is 0 Å². The molecule has 0 fully saturated rings. The zero-order chi connectivity index (χ0) is 27.7. The van der Waals surface area contributed by atoms with Crippen molar-refractivity contribution in [3.8, 4) is 0 Å². The van der Waals surface area contributed by atoms with Gasteiger partial charge in [0.25, 0.3) is 10.0 Å². The molecule has 1 aromatic heterocycles. The summed E-state index contributed by atoms with van der Waals surface area (Å²) >= 11 is 12.1. The molecule has 1 aliphatic rings. The molecule has 2 aromatic carbocycles. The van der Waals surface area contributed by atoms with Crippen molar-refractivity contribution < 1.29 is 22.7 Å². The number of nitrogens with zero attached hydrogens (tertiary/aromatic N) is 3. The maximum Gasteiger partial charge on any atom is 0.327 e. The number of esters is 1. The minimum Gasteiger partial charge on any atom is -0.459 e. The van der Waals surface area contributed by atoms with Gasteiger partial charge in [0, 0.05) is 28.5 Å². The monoisotopic (exact) mass is 576 g/mol. The zero-order valence-electron chi connectivity index (χ0n) is 20.9. The fourth-order valence-electron chi connectivity index (χ4n) is 3.99. The molecule has 38 heavy (non-hydrogen) atoms. The van der Waals surface area contributed by atoms with Crippen molar-refractivity contribution in [1.82, 2.24) is 4.98 Å². The molecule has 0 aliphatic carbocycles. The fourth-order valence-corrected chi connectivity index (χ4v) is 6.12. The summed E-state index contributed by atoms with van der Waals surface area (Å²) in [4.78, 5) is 31.0. The molecule has 0 saturated heterocycles. The third-order valence-electron chi connectivity index (χ3n) is 5.52. The molecule has 2 amide bonds. The maximum atomic E-state index is 13.7. The van der Waals surface area contributed by atoms with Crippen LogP contribution in [-0.4, -0.2) is 44.1 Å². The van der Waals surface area contributed by atoms with E-state index in [2.05, 4.69) is 10.3 Å². The summed E-state index contributed by atoms with van der Waals surface area (Å²) in [6.45, 7) is 4.91. The van der Waals surface area contributed by atoms with Gasteiger partial charge in [-0.25, -0.2) is 13.2 Å². The first-order chi connectivity index (χ1) is 17.8. The number of urea groups is 1. The van der Waals surface area contributed by atoms with E-state index in [-0.39, 0.29) is 26.7 Å². The SMILES string of the molecule is CC(C)(C)OC(=O)CN(c1ccc2c(c1)CCN2C(=O)Nc1cccnc1)S(=O)(=O)c1cc(Cl)cc(Cl)c1. The largest absolute Gasteiger partial charge is 0.459 e. The van der Waals surface area contributed by atoms with Crippen LogP contribution >= 0.6 is 23.2 Å². The molecule has 0 bridgehead atoms. The molecular formula is C26H26Cl2N4O5S. The number of aromatic nitrogens is 1. The smallest absolute Gasteiger partial charge is 0.327 e. The first kappa shape index (κ1) is 27.7. The Hall–Kier alpha value is -3.34. The first-order valence-corrected chi connectivity index (χ1v) is 13.9. The average Bonchev–Trinajstić information content (AvgIpc) is 3.25. The lowest BCUT2D eigenvalue weighted by Crippen LogP contribution is -2.39. The number of benzene rings is 2. The summed E-state index contributed by atoms with van der Waals surface area (Å²) in [5, 5.41) is 3.07. The van der Waals surface area contributed by atoms with Gasteiger partial charge >= 0.3 is 12.0 Å². The van der Waals surface area contributed by atoms with Crippen LogP contribution in [0.25, 0.3) is 0 Å². The number of carbonyl (C=O) groups is 2. The van der Waals surface area contributed by atoms with Gasteiger partial charge in [0.2, 0.25) is 0 Å². The number of hydrogen-bond acceptors (Lipinski definition) is 6. The lowest BCUT2D eigenvalue weighted by atomic mass is 10.1. The van der Waals surface area contributed by atoms with Gasteiger partial charge in [0.1, 0.15) is 12.1 Å². The molecule has 0 radical (unpaired) electrons. The van der Waals surface area contributed by atoms with Crippen LogP contribution in [0.15, 0.2) is 65.8 Å². The summed E-state index contributed by atoms with van der Waals surface area (Å²) in [5.41, 5.74) is 1.36. The van der Waals surface area contributed by atoms with E-state index in [4.69, 9.17) is 27.9 Å². The molecule has 9 nitrogen and oxygen atoms in total. The van der Waals surface area contributed by atoms with E-state index in [1.807, 2.05) is 0 Å². The highest BCUT2D eigenvalue weighted by Crippen LogP contribution is 2.35. The van der Waals surface area contributed by atoms with E-state index in [1.54, 1.807) is 68.4 Å². The van der Waals surface area contributed by atoms with Crippen LogP contribution in [0.1, 0.15) is 26.3 Å². The Morgan fingerprint density at radius 2 is 1.82 bits per heavy atom. The highest BCUT2D eigenvalue weighted by molar-refractivity contribution is 7.92. The lowest BCUT2D eigenvalue weighted by molar-refractivity contribution is -0.152. The number of hydrogen-bond donors (Lipinski definition) is 1. The van der Waals surface area contributed by atoms with Crippen LogP contribution in [0.2, 0.25) is 10.0 Å². The standard InChI is InChI=1S/C26H26Cl2N4O5S/c1-26(2,3)37-24(33)16-32(38(35,36)22-13-18(27)12-19(28)14-22)21-6-7-23-17(11-21)8-10-31(23)25(34)30-20-5-4-9-29-15-20/h4-7,9,11-15H,8,10,16H2,1-3H3,(H,30,34). The Bertz CT molecular complexity index is 1460. The van der Waals surface area contributed by atoms with Crippen molar-refractivity contribution in [2.75, 3.05) is 27.6 Å². The predicted molar refractivity (Wildman–Crippen MR) is 148 cm³/mol. The number of fused-ring (bicyclic) bond motifs is 1. The Kier molecular flexibility index (Phi) is 7.87. The van der Waals surface area contributed by atoms with Gasteiger partial charge in [0.15, 0.2) is 0 Å². The third-order valence-corrected chi connectivity index (χ3v) is 7.71. The maximum absolute atomic E-state index is 13.7. The van der Waals surface area contributed by atoms with Gasteiger partial charge < -0.3 is 10.1 Å². The van der Waals surface area contributed by atoms with Crippen molar-refractivity contribution in [2.45, 2.75) is 37.7 Å². The lowest BCUT2D eigenvalue weighted by Gasteiger charge is -2.27. The van der Waals surface area contributed by atoms with E-state index in [0.717, 1.165) is 9.87 Å². The number of amides is 2. The second kappa shape index (κ2) is 10.8. The number of carbonyl (C=O) groups excluding carboxylic acids is 2. The molecule has 1 N–H and O–H groups in total. The Morgan fingerprint density at radius 3 is 2.45 bits per heavy atom. The third kappa shape index (κ3) is 6.38. The molecule has 0 saturated carbocycles. The molecule has 3 aromatic rings. The Balaban J connectivity index is 1.68. The Labute approximate surface area is 231 Å². The number of halogens is 2. The summed E-state index contributed by atoms with van der Waals surface area (Å²) < 4.78 is 33.8. The molecule has 2 heterocycles. The fraction of sp³-hybridized carbons (Fsp3) is 0.269. The molecule has 4 rings (SSSR count). The van der Waals surface area contributed by atoms with E-state index in [1.165, 1.54) is 18.2 Å². The van der Waals surface area contributed by atoms with E-state index >= 15 is 0 Å². The normalized spacial score (nSPS) is 13.1. The van der Waals surface area contributed by atoms with Crippen molar-refractivity contribution in [3.63, 3.8) is 0 Å². The van der Waals surface area contributed by atoms with E-state index in [0.29, 0.717) is 24.3 Å². The van der Waals surface area contributed by atoms with Crippen LogP contribution in [0, 0.1) is 0 Å². The Morgan fingerprint density at radius 1 is 1.11 bits per heavy atom. The van der Waals surface area contributed by atoms with Crippen LogP contribution in [0.5, 0.6) is 0 Å². The van der Waals surface area contributed by atoms with Gasteiger partial charge in [-0.05, 0) is 81.3 Å². The molecule has 200 valence electrons. The quantitative estimate of drug-likeness (QED) is 0.387. The minimum absolute atomic E-state index is 0.137. The highest BCUT2D eigenvalue weighted by Gasteiger charge is 2.32. The van der Waals surface area contributed by atoms with Gasteiger partial charge in [-0.2, -0.15) is 0 Å². The second-order valence-corrected chi connectivity index (χ2v) is 12.3. The van der Waals surface area contributed by atoms with Crippen molar-refractivity contribution in [1.29, 1.82) is 0 Å². The van der Waals surface area contributed by atoms with Crippen LogP contribution in [-0.2, 0) is 26.0 Å². The summed E-state index contributed by atoms with van der Waals surface area (Å²) in [5.74, 6) is -0.729. The topological polar surface area (TPSA) is 109 Å². The zero-order valence-corrected chi connectivity index (χ0v) is 23.3. The van der Waals surface area contributed by atoms with Crippen LogP contribution in [0.4, 0.5) is 21.9 Å². The van der Waals surface area contributed by atoms with Crippen molar-refractivity contribution in [2.24, 2.45) is 0 Å². The number of anilines is 3. The van der Waals surface area contributed by atoms with Gasteiger partial charge in [-0.3, -0.25) is 19.0 Å². The molecular weight excluding hydrogens is 551 g/mol. The number of nitrogens with one attached hydrogen (secondary N) is 1. The van der Waals surface area contributed by atoms with Crippen LogP contribution in [0.3, 0.4) is 0 Å². The number of rotatable bonds is 6. The van der Waals surface area contributed by atoms with Crippen molar-refractivity contribution in [3.05, 3.63) is 76.5 Å². The summed E-state index contributed by atoms with van der Waals surface area (Å²) in [7, 11) is -4.27. The first-order valence-electron chi connectivity index (χ1n) is 11.7. The molecule has 0 unspecified atom stereocenters. The second-order valence-electron chi connectivity index (χ2n) is 9.59. The average molecular weight is 577 g/mol. The summed E-state index contributed by atoms with van der Waals surface area (Å²) in [6, 6.07) is 11.9. The van der Waals surface area contributed by atoms with Gasteiger partial charge in [0.05, 0.1) is 22.5 Å². The highest BCUT2D eigenvalue weighted by atomic mass is 35.5. The van der Waals surface area contributed by atoms with E-state index in [9.17, 15) is 18.0 Å². The predicted octanol–water partition coefficient (Wildman–Crippen LogP) is 5.52. The molecule has 12 heteroatoms. The molecule has 0 atom stereocenters. The molecule has 1 aliphatic heterocycles. The number of sulfonamides is 1. The van der Waals surface area contributed by atoms with Gasteiger partial charge in [-0.1, -0.05) is 23.2 Å². The van der Waals surface area contributed by atoms with Crippen LogP contribution < -0.4 is 14.5 Å².